The van der Waals surface area contributed by atoms with E-state index < -0.39 is 15.8 Å². The van der Waals surface area contributed by atoms with Gasteiger partial charge in [0.25, 0.3) is 5.91 Å². The van der Waals surface area contributed by atoms with Gasteiger partial charge in [-0.3, -0.25) is 4.79 Å². The first kappa shape index (κ1) is 21.8. The number of rotatable bonds is 4. The van der Waals surface area contributed by atoms with Crippen LogP contribution in [0.4, 0.5) is 10.1 Å². The van der Waals surface area contributed by atoms with Crippen molar-refractivity contribution in [3.05, 3.63) is 71.3 Å². The van der Waals surface area contributed by atoms with Crippen LogP contribution in [0.3, 0.4) is 0 Å². The summed E-state index contributed by atoms with van der Waals surface area (Å²) in [6, 6.07) is 11.3. The number of benzene rings is 2. The number of hydrogen-bond acceptors (Lipinski definition) is 4. The first-order valence-corrected chi connectivity index (χ1v) is 12.6. The molecule has 3 heterocycles. The first-order chi connectivity index (χ1) is 15.9. The highest BCUT2D eigenvalue weighted by Crippen LogP contribution is 2.33. The van der Waals surface area contributed by atoms with Crippen LogP contribution in [0.15, 0.2) is 53.6 Å². The number of halogens is 1. The molecule has 7 nitrogen and oxygen atoms in total. The Morgan fingerprint density at radius 3 is 2.52 bits per heavy atom. The highest BCUT2D eigenvalue weighted by Gasteiger charge is 2.31. The Balaban J connectivity index is 1.42. The summed E-state index contributed by atoms with van der Waals surface area (Å²) in [6.07, 6.45) is 4.85. The zero-order valence-electron chi connectivity index (χ0n) is 18.4. The second kappa shape index (κ2) is 8.39. The second-order valence-electron chi connectivity index (χ2n) is 8.47. The molecule has 2 aromatic carbocycles. The van der Waals surface area contributed by atoms with E-state index in [4.69, 9.17) is 0 Å². The quantitative estimate of drug-likeness (QED) is 0.585. The van der Waals surface area contributed by atoms with E-state index in [0.29, 0.717) is 43.0 Å². The molecule has 1 saturated heterocycles. The fourth-order valence-electron chi connectivity index (χ4n) is 4.64. The minimum absolute atomic E-state index is 0.236. The third-order valence-corrected chi connectivity index (χ3v) is 8.36. The number of hydrogen-bond donors (Lipinski definition) is 0. The van der Waals surface area contributed by atoms with Crippen molar-refractivity contribution in [2.45, 2.75) is 37.5 Å². The summed E-state index contributed by atoms with van der Waals surface area (Å²) in [5.41, 5.74) is 2.75. The smallest absolute Gasteiger partial charge is 0.261 e. The molecule has 0 spiro atoms. The first-order valence-electron chi connectivity index (χ1n) is 11.1. The molecule has 33 heavy (non-hydrogen) atoms. The van der Waals surface area contributed by atoms with Crippen LogP contribution in [-0.2, 0) is 16.4 Å². The maximum atomic E-state index is 14.2. The molecule has 1 fully saturated rings. The lowest BCUT2D eigenvalue weighted by molar-refractivity contribution is 0.0988. The molecule has 0 N–H and O–H groups in total. The number of anilines is 1. The minimum Gasteiger partial charge on any atom is -0.308 e. The average Bonchev–Trinajstić information content (AvgIpc) is 3.43. The van der Waals surface area contributed by atoms with Crippen LogP contribution in [0.5, 0.6) is 0 Å². The number of aromatic nitrogens is 2. The highest BCUT2D eigenvalue weighted by molar-refractivity contribution is 7.89. The zero-order valence-corrected chi connectivity index (χ0v) is 19.2. The van der Waals surface area contributed by atoms with Gasteiger partial charge in [0.2, 0.25) is 10.0 Å². The molecule has 0 aliphatic carbocycles. The Bertz CT molecular complexity index is 1330. The minimum atomic E-state index is -3.53. The monoisotopic (exact) mass is 468 g/mol. The van der Waals surface area contributed by atoms with Crippen molar-refractivity contribution in [2.24, 2.45) is 0 Å². The number of fused-ring (bicyclic) bond motifs is 1. The largest absolute Gasteiger partial charge is 0.308 e. The Kier molecular flexibility index (Phi) is 5.54. The van der Waals surface area contributed by atoms with Gasteiger partial charge in [-0.25, -0.2) is 17.5 Å². The molecule has 3 aromatic rings. The van der Waals surface area contributed by atoms with Crippen LogP contribution >= 0.6 is 0 Å². The molecule has 0 unspecified atom stereocenters. The molecule has 1 amide bonds. The topological polar surface area (TPSA) is 75.5 Å². The van der Waals surface area contributed by atoms with Gasteiger partial charge in [-0.05, 0) is 62.1 Å². The molecule has 0 saturated carbocycles. The van der Waals surface area contributed by atoms with Crippen molar-refractivity contribution in [3.63, 3.8) is 0 Å². The fourth-order valence-corrected chi connectivity index (χ4v) is 6.20. The number of carbonyl (C=O) groups excluding carboxylic acids is 1. The van der Waals surface area contributed by atoms with E-state index in [9.17, 15) is 17.6 Å². The van der Waals surface area contributed by atoms with Gasteiger partial charge in [0.05, 0.1) is 22.3 Å². The molecule has 2 aliphatic heterocycles. The molecule has 0 atom stereocenters. The van der Waals surface area contributed by atoms with Gasteiger partial charge >= 0.3 is 0 Å². The SMILES string of the molecule is Cc1c(C(=O)N2CCc3cc(S(=O)(=O)N4CCCCC4)ccc32)cnn1-c1ccccc1F. The standard InChI is InChI=1S/C24H25FN4O3S/c1-17-20(16-26-29(17)23-8-4-3-7-21(23)25)24(30)28-14-11-18-15-19(9-10-22(18)28)33(31,32)27-12-5-2-6-13-27/h3-4,7-10,15-16H,2,5-6,11-14H2,1H3. The maximum Gasteiger partial charge on any atom is 0.261 e. The van der Waals surface area contributed by atoms with Crippen molar-refractivity contribution < 1.29 is 17.6 Å². The Labute approximate surface area is 192 Å². The van der Waals surface area contributed by atoms with Crippen molar-refractivity contribution in [2.75, 3.05) is 24.5 Å². The van der Waals surface area contributed by atoms with E-state index in [0.717, 1.165) is 24.8 Å². The van der Waals surface area contributed by atoms with Gasteiger partial charge in [-0.1, -0.05) is 18.6 Å². The molecular weight excluding hydrogens is 443 g/mol. The molecule has 9 heteroatoms. The van der Waals surface area contributed by atoms with Gasteiger partial charge in [0, 0.05) is 25.3 Å². The lowest BCUT2D eigenvalue weighted by Crippen LogP contribution is -2.35. The van der Waals surface area contributed by atoms with Crippen LogP contribution in [0, 0.1) is 12.7 Å². The number of piperidine rings is 1. The predicted molar refractivity (Wildman–Crippen MR) is 123 cm³/mol. The average molecular weight is 469 g/mol. The predicted octanol–water partition coefficient (Wildman–Crippen LogP) is 3.70. The summed E-state index contributed by atoms with van der Waals surface area (Å²) >= 11 is 0. The number of nitrogens with zero attached hydrogens (tertiary/aromatic N) is 4. The molecule has 172 valence electrons. The summed E-state index contributed by atoms with van der Waals surface area (Å²) in [4.78, 5) is 15.3. The Morgan fingerprint density at radius 1 is 1.00 bits per heavy atom. The van der Waals surface area contributed by atoms with Gasteiger partial charge in [0.1, 0.15) is 11.5 Å². The fraction of sp³-hybridized carbons (Fsp3) is 0.333. The molecule has 0 radical (unpaired) electrons. The molecule has 0 bridgehead atoms. The highest BCUT2D eigenvalue weighted by atomic mass is 32.2. The Hall–Kier alpha value is -3.04. The van der Waals surface area contributed by atoms with Crippen LogP contribution < -0.4 is 4.90 Å². The lowest BCUT2D eigenvalue weighted by Gasteiger charge is -2.26. The Morgan fingerprint density at radius 2 is 1.76 bits per heavy atom. The second-order valence-corrected chi connectivity index (χ2v) is 10.4. The van der Waals surface area contributed by atoms with Crippen molar-refractivity contribution in [3.8, 4) is 5.69 Å². The summed E-state index contributed by atoms with van der Waals surface area (Å²) in [5, 5.41) is 4.24. The maximum absolute atomic E-state index is 14.2. The van der Waals surface area contributed by atoms with Gasteiger partial charge in [-0.15, -0.1) is 0 Å². The van der Waals surface area contributed by atoms with E-state index in [1.807, 2.05) is 0 Å². The third kappa shape index (κ3) is 3.75. The van der Waals surface area contributed by atoms with Crippen LogP contribution in [0.2, 0.25) is 0 Å². The van der Waals surface area contributed by atoms with Gasteiger partial charge in [-0.2, -0.15) is 9.40 Å². The summed E-state index contributed by atoms with van der Waals surface area (Å²) in [5.74, 6) is -0.655. The van der Waals surface area contributed by atoms with Crippen molar-refractivity contribution >= 4 is 21.6 Å². The number of para-hydroxylation sites is 1. The van der Waals surface area contributed by atoms with E-state index in [1.54, 1.807) is 52.5 Å². The summed E-state index contributed by atoms with van der Waals surface area (Å²) in [6.45, 7) is 3.29. The van der Waals surface area contributed by atoms with Crippen molar-refractivity contribution in [1.29, 1.82) is 0 Å². The zero-order chi connectivity index (χ0) is 23.2. The summed E-state index contributed by atoms with van der Waals surface area (Å²) < 4.78 is 43.3. The van der Waals surface area contributed by atoms with Gasteiger partial charge in [0.15, 0.2) is 0 Å². The molecule has 1 aromatic heterocycles. The number of amides is 1. The van der Waals surface area contributed by atoms with E-state index >= 15 is 0 Å². The van der Waals surface area contributed by atoms with E-state index in [-0.39, 0.29) is 16.5 Å². The van der Waals surface area contributed by atoms with Crippen LogP contribution in [0.25, 0.3) is 5.69 Å². The van der Waals surface area contributed by atoms with E-state index in [1.165, 1.54) is 16.9 Å². The van der Waals surface area contributed by atoms with Crippen molar-refractivity contribution in [1.82, 2.24) is 14.1 Å². The molecular formula is C24H25FN4O3S. The lowest BCUT2D eigenvalue weighted by atomic mass is 10.1. The molecule has 2 aliphatic rings. The number of carbonyl (C=O) groups is 1. The van der Waals surface area contributed by atoms with Crippen LogP contribution in [0.1, 0.15) is 40.9 Å². The normalized spacial score (nSPS) is 16.7. The van der Waals surface area contributed by atoms with Gasteiger partial charge < -0.3 is 4.90 Å². The summed E-state index contributed by atoms with van der Waals surface area (Å²) in [7, 11) is -3.53. The van der Waals surface area contributed by atoms with Crippen LogP contribution in [-0.4, -0.2) is 48.0 Å². The third-order valence-electron chi connectivity index (χ3n) is 6.47. The molecule has 5 rings (SSSR count). The number of sulfonamides is 1. The van der Waals surface area contributed by atoms with E-state index in [2.05, 4.69) is 5.10 Å².